The van der Waals surface area contributed by atoms with Crippen molar-refractivity contribution in [1.29, 1.82) is 0 Å². The zero-order chi connectivity index (χ0) is 21.4. The highest BCUT2D eigenvalue weighted by atomic mass is 19.1. The van der Waals surface area contributed by atoms with E-state index in [1.165, 1.54) is 13.2 Å². The van der Waals surface area contributed by atoms with Gasteiger partial charge in [-0.1, -0.05) is 0 Å². The van der Waals surface area contributed by atoms with E-state index in [4.69, 9.17) is 15.5 Å². The smallest absolute Gasteiger partial charge is 0.167 e. The van der Waals surface area contributed by atoms with Gasteiger partial charge in [-0.3, -0.25) is 4.98 Å². The summed E-state index contributed by atoms with van der Waals surface area (Å²) in [6.45, 7) is 1.94. The monoisotopic (exact) mass is 420 g/mol. The first-order chi connectivity index (χ1) is 15.1. The topological polar surface area (TPSA) is 81.6 Å². The third-order valence-corrected chi connectivity index (χ3v) is 6.02. The highest BCUT2D eigenvalue weighted by molar-refractivity contribution is 5.98. The summed E-state index contributed by atoms with van der Waals surface area (Å²) in [5.41, 5.74) is 10.2. The molecule has 1 aromatic carbocycles. The summed E-state index contributed by atoms with van der Waals surface area (Å²) < 4.78 is 21.1. The fraction of sp³-hybridized carbons (Fsp3) is 0.348. The van der Waals surface area contributed by atoms with Crippen molar-refractivity contribution in [2.45, 2.75) is 31.7 Å². The summed E-state index contributed by atoms with van der Waals surface area (Å²) in [6.07, 6.45) is 11.7. The Morgan fingerprint density at radius 2 is 1.90 bits per heavy atom. The summed E-state index contributed by atoms with van der Waals surface area (Å²) in [6, 6.07) is 5.28. The minimum atomic E-state index is -0.434. The van der Waals surface area contributed by atoms with Crippen molar-refractivity contribution in [1.82, 2.24) is 19.6 Å². The molecule has 0 atom stereocenters. The lowest BCUT2D eigenvalue weighted by molar-refractivity contribution is 0.387. The molecule has 3 aromatic heterocycles. The first-order valence-corrected chi connectivity index (χ1v) is 10.6. The number of aromatic nitrogens is 4. The van der Waals surface area contributed by atoms with Crippen LogP contribution in [0.4, 0.5) is 10.1 Å². The van der Waals surface area contributed by atoms with Crippen LogP contribution in [0.25, 0.3) is 27.7 Å². The molecule has 2 N–H and O–H groups in total. The molecule has 0 saturated carbocycles. The van der Waals surface area contributed by atoms with Gasteiger partial charge in [0.2, 0.25) is 0 Å². The van der Waals surface area contributed by atoms with E-state index in [9.17, 15) is 4.39 Å². The number of pyridine rings is 1. The molecule has 8 heteroatoms. The molecule has 4 heterocycles. The van der Waals surface area contributed by atoms with Crippen molar-refractivity contribution < 1.29 is 9.13 Å². The minimum absolute atomic E-state index is 0.185. The molecular formula is C23H25FN6O. The molecule has 1 saturated heterocycles. The van der Waals surface area contributed by atoms with Crippen molar-refractivity contribution in [2.24, 2.45) is 5.73 Å². The molecule has 5 rings (SSSR count). The van der Waals surface area contributed by atoms with Crippen LogP contribution < -0.4 is 15.4 Å². The lowest BCUT2D eigenvalue weighted by atomic mass is 10.0. The second-order valence-electron chi connectivity index (χ2n) is 8.03. The zero-order valence-electron chi connectivity index (χ0n) is 17.5. The molecule has 160 valence electrons. The first kappa shape index (κ1) is 19.7. The third-order valence-electron chi connectivity index (χ3n) is 6.02. The Morgan fingerprint density at radius 1 is 1.10 bits per heavy atom. The van der Waals surface area contributed by atoms with E-state index in [0.29, 0.717) is 11.6 Å². The van der Waals surface area contributed by atoms with E-state index >= 15 is 0 Å². The van der Waals surface area contributed by atoms with Crippen molar-refractivity contribution in [3.8, 4) is 16.9 Å². The van der Waals surface area contributed by atoms with Gasteiger partial charge in [-0.2, -0.15) is 5.10 Å². The van der Waals surface area contributed by atoms with E-state index in [2.05, 4.69) is 15.0 Å². The zero-order valence-corrected chi connectivity index (χ0v) is 17.5. The van der Waals surface area contributed by atoms with Crippen LogP contribution in [-0.4, -0.2) is 45.8 Å². The van der Waals surface area contributed by atoms with Crippen LogP contribution in [0.3, 0.4) is 0 Å². The fourth-order valence-corrected chi connectivity index (χ4v) is 4.36. The number of nitrogens with two attached hydrogens (primary N) is 1. The van der Waals surface area contributed by atoms with Crippen LogP contribution in [0, 0.1) is 5.82 Å². The Labute approximate surface area is 179 Å². The summed E-state index contributed by atoms with van der Waals surface area (Å²) in [7, 11) is 1.46. The molecule has 0 bridgehead atoms. The van der Waals surface area contributed by atoms with Gasteiger partial charge in [-0.15, -0.1) is 0 Å². The third kappa shape index (κ3) is 3.67. The minimum Gasteiger partial charge on any atom is -0.494 e. The average molecular weight is 420 g/mol. The Bertz CT molecular complexity index is 1230. The summed E-state index contributed by atoms with van der Waals surface area (Å²) >= 11 is 0. The van der Waals surface area contributed by atoms with E-state index in [1.807, 2.05) is 23.0 Å². The number of fused-ring (bicyclic) bond motifs is 2. The lowest BCUT2D eigenvalue weighted by Crippen LogP contribution is -2.32. The van der Waals surface area contributed by atoms with E-state index < -0.39 is 5.82 Å². The Morgan fingerprint density at radius 3 is 2.68 bits per heavy atom. The second kappa shape index (κ2) is 8.11. The molecule has 1 aliphatic rings. The lowest BCUT2D eigenvalue weighted by Gasteiger charge is -2.28. The molecule has 4 aromatic rings. The van der Waals surface area contributed by atoms with Gasteiger partial charge in [0.25, 0.3) is 0 Å². The Hall–Kier alpha value is -3.26. The second-order valence-corrected chi connectivity index (χ2v) is 8.03. The van der Waals surface area contributed by atoms with Gasteiger partial charge < -0.3 is 15.4 Å². The fourth-order valence-electron chi connectivity index (χ4n) is 4.36. The number of rotatable bonds is 3. The largest absolute Gasteiger partial charge is 0.494 e. The Balaban J connectivity index is 1.54. The SMILES string of the molecule is COc1cc2c(-c3cnn4cc(N5CCCC(N)CCC5)cnc34)ccnc2cc1F. The quantitative estimate of drug-likeness (QED) is 0.543. The highest BCUT2D eigenvalue weighted by Gasteiger charge is 2.17. The maximum absolute atomic E-state index is 14.1. The van der Waals surface area contributed by atoms with Crippen LogP contribution in [-0.2, 0) is 0 Å². The molecule has 0 spiro atoms. The first-order valence-electron chi connectivity index (χ1n) is 10.6. The number of anilines is 1. The normalized spacial score (nSPS) is 15.9. The number of halogens is 1. The van der Waals surface area contributed by atoms with Crippen LogP contribution in [0.5, 0.6) is 5.75 Å². The Kier molecular flexibility index (Phi) is 5.15. The molecule has 1 fully saturated rings. The van der Waals surface area contributed by atoms with Crippen LogP contribution in [0.2, 0.25) is 0 Å². The number of hydrogen-bond donors (Lipinski definition) is 1. The van der Waals surface area contributed by atoms with Gasteiger partial charge >= 0.3 is 0 Å². The van der Waals surface area contributed by atoms with E-state index in [0.717, 1.165) is 66.6 Å². The van der Waals surface area contributed by atoms with Crippen LogP contribution in [0.15, 0.2) is 43.0 Å². The number of benzene rings is 1. The molecule has 7 nitrogen and oxygen atoms in total. The summed E-state index contributed by atoms with van der Waals surface area (Å²) in [5.74, 6) is -0.248. The number of hydrogen-bond acceptors (Lipinski definition) is 6. The van der Waals surface area contributed by atoms with Gasteiger partial charge in [-0.05, 0) is 43.4 Å². The predicted molar refractivity (Wildman–Crippen MR) is 119 cm³/mol. The number of nitrogens with zero attached hydrogens (tertiary/aromatic N) is 5. The van der Waals surface area contributed by atoms with Crippen molar-refractivity contribution in [2.75, 3.05) is 25.1 Å². The van der Waals surface area contributed by atoms with Gasteiger partial charge in [-0.25, -0.2) is 13.9 Å². The van der Waals surface area contributed by atoms with Crippen LogP contribution in [0.1, 0.15) is 25.7 Å². The van der Waals surface area contributed by atoms with Gasteiger partial charge in [0.15, 0.2) is 17.2 Å². The van der Waals surface area contributed by atoms with Crippen LogP contribution >= 0.6 is 0 Å². The molecule has 0 unspecified atom stereocenters. The molecule has 1 aliphatic heterocycles. The number of methoxy groups -OCH3 is 1. The van der Waals surface area contributed by atoms with Gasteiger partial charge in [0.05, 0.1) is 36.9 Å². The van der Waals surface area contributed by atoms with Crippen molar-refractivity contribution >= 4 is 22.2 Å². The maximum Gasteiger partial charge on any atom is 0.167 e. The molecule has 0 amide bonds. The molecular weight excluding hydrogens is 395 g/mol. The predicted octanol–water partition coefficient (Wildman–Crippen LogP) is 3.80. The standard InChI is InChI=1S/C23H25FN6O/c1-31-22-10-18-17(6-7-26-21(18)11-20(22)24)19-13-28-30-14-16(12-27-23(19)30)29-8-2-4-15(25)5-3-9-29/h6-7,10-15H,2-5,8-9,25H2,1H3. The van der Waals surface area contributed by atoms with E-state index in [-0.39, 0.29) is 5.75 Å². The average Bonchev–Trinajstić information content (AvgIpc) is 3.18. The maximum atomic E-state index is 14.1. The van der Waals surface area contributed by atoms with Gasteiger partial charge in [0.1, 0.15) is 0 Å². The van der Waals surface area contributed by atoms with Crippen molar-refractivity contribution in [3.05, 3.63) is 48.8 Å². The highest BCUT2D eigenvalue weighted by Crippen LogP contribution is 2.33. The summed E-state index contributed by atoms with van der Waals surface area (Å²) in [5, 5.41) is 5.35. The number of ether oxygens (including phenoxy) is 1. The summed E-state index contributed by atoms with van der Waals surface area (Å²) in [4.78, 5) is 11.4. The van der Waals surface area contributed by atoms with Gasteiger partial charge in [0, 0.05) is 42.3 Å². The van der Waals surface area contributed by atoms with E-state index in [1.54, 1.807) is 18.5 Å². The van der Waals surface area contributed by atoms with Crippen molar-refractivity contribution in [3.63, 3.8) is 0 Å². The molecule has 0 radical (unpaired) electrons. The molecule has 0 aliphatic carbocycles. The molecule has 31 heavy (non-hydrogen) atoms.